The average molecular weight is 479 g/mol. The van der Waals surface area contributed by atoms with Gasteiger partial charge < -0.3 is 24.7 Å². The number of ether oxygens (including phenoxy) is 1. The lowest BCUT2D eigenvalue weighted by atomic mass is 9.65. The maximum atomic E-state index is 14.4. The summed E-state index contributed by atoms with van der Waals surface area (Å²) in [4.78, 5) is 43.8. The predicted octanol–water partition coefficient (Wildman–Crippen LogP) is 2.84. The summed E-state index contributed by atoms with van der Waals surface area (Å²) in [6.07, 6.45) is 3.77. The summed E-state index contributed by atoms with van der Waals surface area (Å²) in [5, 5.41) is 20.1. The van der Waals surface area contributed by atoms with Crippen molar-refractivity contribution in [3.63, 3.8) is 0 Å². The van der Waals surface area contributed by atoms with Gasteiger partial charge in [0.2, 0.25) is 11.8 Å². The molecule has 2 amide bonds. The van der Waals surface area contributed by atoms with Crippen LogP contribution < -0.4 is 0 Å². The molecule has 3 aliphatic heterocycles. The van der Waals surface area contributed by atoms with Crippen molar-refractivity contribution in [1.29, 1.82) is 0 Å². The maximum absolute atomic E-state index is 14.4. The minimum Gasteiger partial charge on any atom is -0.481 e. The van der Waals surface area contributed by atoms with Crippen LogP contribution in [0.2, 0.25) is 0 Å². The molecule has 0 saturated carbocycles. The summed E-state index contributed by atoms with van der Waals surface area (Å²) in [5.74, 6) is -3.71. The smallest absolute Gasteiger partial charge is 0.310 e. The van der Waals surface area contributed by atoms with Gasteiger partial charge in [0, 0.05) is 12.1 Å². The van der Waals surface area contributed by atoms with Crippen LogP contribution in [0.3, 0.4) is 0 Å². The van der Waals surface area contributed by atoms with Gasteiger partial charge in [-0.05, 0) is 51.9 Å². The molecule has 3 fully saturated rings. The Morgan fingerprint density at radius 2 is 1.91 bits per heavy atom. The normalized spacial score (nSPS) is 33.7. The van der Waals surface area contributed by atoms with Crippen LogP contribution in [0.1, 0.15) is 74.1 Å². The minimum absolute atomic E-state index is 0.0589. The number of hydrogen-bond donors (Lipinski definition) is 2. The van der Waals surface area contributed by atoms with Crippen LogP contribution in [0.4, 0.5) is 0 Å². The number of rotatable bonds is 9. The van der Waals surface area contributed by atoms with Crippen LogP contribution in [0.5, 0.6) is 0 Å². The van der Waals surface area contributed by atoms with Gasteiger partial charge in [-0.25, -0.2) is 0 Å². The molecule has 3 heterocycles. The van der Waals surface area contributed by atoms with Crippen molar-refractivity contribution >= 4 is 17.8 Å². The average Bonchev–Trinajstić information content (AvgIpc) is 3.32. The van der Waals surface area contributed by atoms with Crippen molar-refractivity contribution in [2.75, 3.05) is 13.2 Å². The Labute approximate surface area is 203 Å². The predicted molar refractivity (Wildman–Crippen MR) is 128 cm³/mol. The van der Waals surface area contributed by atoms with E-state index in [-0.39, 0.29) is 24.5 Å². The molecule has 2 unspecified atom stereocenters. The van der Waals surface area contributed by atoms with Crippen LogP contribution in [0.25, 0.3) is 0 Å². The molecule has 192 valence electrons. The van der Waals surface area contributed by atoms with Gasteiger partial charge in [-0.1, -0.05) is 33.8 Å². The zero-order chi connectivity index (χ0) is 25.9. The van der Waals surface area contributed by atoms with Crippen molar-refractivity contribution in [3.05, 3.63) is 12.7 Å². The van der Waals surface area contributed by atoms with Gasteiger partial charge >= 0.3 is 5.97 Å². The fourth-order valence-corrected chi connectivity index (χ4v) is 7.18. The molecule has 2 N–H and O–H groups in total. The van der Waals surface area contributed by atoms with Crippen LogP contribution >= 0.6 is 0 Å². The first-order chi connectivity index (χ1) is 15.6. The highest BCUT2D eigenvalue weighted by molar-refractivity contribution is 5.98. The number of fused-ring (bicyclic) bond motifs is 1. The highest BCUT2D eigenvalue weighted by Gasteiger charge is 2.79. The second kappa shape index (κ2) is 8.63. The highest BCUT2D eigenvalue weighted by atomic mass is 16.5. The fourth-order valence-electron chi connectivity index (χ4n) is 7.18. The second-order valence-electron chi connectivity index (χ2n) is 12.2. The van der Waals surface area contributed by atoms with Crippen LogP contribution in [0.15, 0.2) is 12.7 Å². The molecular weight excluding hydrogens is 436 g/mol. The molecule has 3 rings (SSSR count). The Morgan fingerprint density at radius 1 is 1.29 bits per heavy atom. The van der Waals surface area contributed by atoms with Gasteiger partial charge in [0.25, 0.3) is 0 Å². The van der Waals surface area contributed by atoms with Gasteiger partial charge in [-0.3, -0.25) is 14.4 Å². The summed E-state index contributed by atoms with van der Waals surface area (Å²) in [6, 6.07) is -1.64. The first-order valence-electron chi connectivity index (χ1n) is 12.4. The van der Waals surface area contributed by atoms with Crippen LogP contribution in [0, 0.1) is 17.3 Å². The van der Waals surface area contributed by atoms with E-state index in [1.807, 2.05) is 20.8 Å². The van der Waals surface area contributed by atoms with Gasteiger partial charge in [0.1, 0.15) is 17.6 Å². The number of nitrogens with zero attached hydrogens (tertiary/aromatic N) is 2. The lowest BCUT2D eigenvalue weighted by molar-refractivity contribution is -0.162. The van der Waals surface area contributed by atoms with Crippen molar-refractivity contribution in [2.24, 2.45) is 17.3 Å². The summed E-state index contributed by atoms with van der Waals surface area (Å²) in [5.41, 5.74) is -2.78. The van der Waals surface area contributed by atoms with Crippen molar-refractivity contribution in [1.82, 2.24) is 9.80 Å². The third-order valence-corrected chi connectivity index (χ3v) is 8.13. The quantitative estimate of drug-likeness (QED) is 0.494. The Balaban J connectivity index is 2.15. The number of aliphatic hydroxyl groups is 1. The standard InChI is InChI=1S/C26H42N2O6/c1-9-13-27(24(7,8)15-23(4,5)6)21(31)19-26-12-11-25(10-2,34-26)18(22(32)33)17(26)20(30)28(19)16(3)14-29/h9,16-19,29H,1,10-15H2,2-8H3,(H,32,33)/t16-,17+,18-,19?,25+,26?/m1/s1. The number of carbonyl (C=O) groups is 3. The van der Waals surface area contributed by atoms with E-state index in [0.29, 0.717) is 25.7 Å². The molecule has 3 saturated heterocycles. The number of amides is 2. The largest absolute Gasteiger partial charge is 0.481 e. The van der Waals surface area contributed by atoms with E-state index in [1.54, 1.807) is 17.9 Å². The topological polar surface area (TPSA) is 107 Å². The Morgan fingerprint density at radius 3 is 2.38 bits per heavy atom. The van der Waals surface area contributed by atoms with Crippen LogP contribution in [-0.2, 0) is 19.1 Å². The third kappa shape index (κ3) is 3.87. The third-order valence-electron chi connectivity index (χ3n) is 8.13. The lowest BCUT2D eigenvalue weighted by Gasteiger charge is -2.46. The molecule has 0 aromatic rings. The summed E-state index contributed by atoms with van der Waals surface area (Å²) < 4.78 is 6.57. The Kier molecular flexibility index (Phi) is 6.77. The molecule has 0 radical (unpaired) electrons. The first-order valence-corrected chi connectivity index (χ1v) is 12.4. The summed E-state index contributed by atoms with van der Waals surface area (Å²) in [6.45, 7) is 17.7. The van der Waals surface area contributed by atoms with Crippen molar-refractivity contribution in [3.8, 4) is 0 Å². The van der Waals surface area contributed by atoms with Crippen molar-refractivity contribution < 1.29 is 29.3 Å². The van der Waals surface area contributed by atoms with E-state index < -0.39 is 52.5 Å². The van der Waals surface area contributed by atoms with E-state index in [2.05, 4.69) is 27.4 Å². The molecule has 3 aliphatic rings. The Bertz CT molecular complexity index is 864. The number of carbonyl (C=O) groups excluding carboxylic acids is 2. The van der Waals surface area contributed by atoms with E-state index in [4.69, 9.17) is 4.74 Å². The van der Waals surface area contributed by atoms with E-state index >= 15 is 0 Å². The first kappa shape index (κ1) is 26.7. The molecule has 0 aliphatic carbocycles. The highest BCUT2D eigenvalue weighted by Crippen LogP contribution is 2.64. The monoisotopic (exact) mass is 478 g/mol. The Hall–Kier alpha value is -1.93. The minimum atomic E-state index is -1.21. The molecule has 1 spiro atoms. The SMILES string of the molecule is C=CCN(C(=O)C1N([C@H](C)CO)C(=O)[C@@H]2[C@H](C(=O)O)[C@]3(CC)CCC12O3)C(C)(C)CC(C)(C)C. The van der Waals surface area contributed by atoms with Crippen LogP contribution in [-0.4, -0.2) is 79.8 Å². The molecule has 0 aromatic carbocycles. The summed E-state index contributed by atoms with van der Waals surface area (Å²) >= 11 is 0. The molecular formula is C26H42N2O6. The summed E-state index contributed by atoms with van der Waals surface area (Å²) in [7, 11) is 0. The van der Waals surface area contributed by atoms with E-state index in [0.717, 1.165) is 0 Å². The van der Waals surface area contributed by atoms with Gasteiger partial charge in [0.05, 0.1) is 24.2 Å². The molecule has 8 nitrogen and oxygen atoms in total. The molecule has 8 heteroatoms. The zero-order valence-corrected chi connectivity index (χ0v) is 21.8. The van der Waals surface area contributed by atoms with Gasteiger partial charge in [0.15, 0.2) is 0 Å². The molecule has 0 aromatic heterocycles. The number of carboxylic acids is 1. The van der Waals surface area contributed by atoms with E-state index in [1.165, 1.54) is 4.90 Å². The number of hydrogen-bond acceptors (Lipinski definition) is 5. The number of likely N-dealkylation sites (tertiary alicyclic amines) is 1. The molecule has 2 bridgehead atoms. The fraction of sp³-hybridized carbons (Fsp3) is 0.808. The number of aliphatic carboxylic acids is 1. The van der Waals surface area contributed by atoms with E-state index in [9.17, 15) is 24.6 Å². The molecule has 34 heavy (non-hydrogen) atoms. The molecule has 6 atom stereocenters. The van der Waals surface area contributed by atoms with Gasteiger partial charge in [-0.15, -0.1) is 6.58 Å². The lowest BCUT2D eigenvalue weighted by Crippen LogP contribution is -2.62. The maximum Gasteiger partial charge on any atom is 0.310 e. The van der Waals surface area contributed by atoms with Crippen molar-refractivity contribution in [2.45, 2.75) is 103 Å². The number of carboxylic acid groups (broad SMARTS) is 1. The number of aliphatic hydroxyl groups excluding tert-OH is 1. The second-order valence-corrected chi connectivity index (χ2v) is 12.2. The van der Waals surface area contributed by atoms with Gasteiger partial charge in [-0.2, -0.15) is 0 Å². The zero-order valence-electron chi connectivity index (χ0n) is 21.8.